The highest BCUT2D eigenvalue weighted by Crippen LogP contribution is 2.44. The van der Waals surface area contributed by atoms with E-state index in [1.807, 2.05) is 0 Å². The molecular weight excluding hydrogens is 212 g/mol. The van der Waals surface area contributed by atoms with Crippen LogP contribution in [0.1, 0.15) is 19.3 Å². The number of hydrogen-bond acceptors (Lipinski definition) is 5. The van der Waals surface area contributed by atoms with Gasteiger partial charge in [0, 0.05) is 13.2 Å². The van der Waals surface area contributed by atoms with Crippen molar-refractivity contribution in [2.45, 2.75) is 24.9 Å². The molecule has 2 rings (SSSR count). The maximum absolute atomic E-state index is 11.9. The zero-order chi connectivity index (χ0) is 11.6. The molecule has 2 heterocycles. The lowest BCUT2D eigenvalue weighted by Gasteiger charge is -2.43. The van der Waals surface area contributed by atoms with Crippen LogP contribution in [-0.4, -0.2) is 50.2 Å². The zero-order valence-corrected chi connectivity index (χ0v) is 9.53. The van der Waals surface area contributed by atoms with Crippen LogP contribution in [0.25, 0.3) is 0 Å². The second kappa shape index (κ2) is 4.31. The van der Waals surface area contributed by atoms with Gasteiger partial charge in [0.15, 0.2) is 0 Å². The molecular formula is C11H18O5. The smallest absolute Gasteiger partial charge is 0.317 e. The number of rotatable bonds is 2. The molecule has 0 spiro atoms. The fraction of sp³-hybridized carbons (Fsp3) is 0.909. The lowest BCUT2D eigenvalue weighted by molar-refractivity contribution is -0.193. The molecule has 0 aromatic rings. The highest BCUT2D eigenvalue weighted by atomic mass is 16.5. The van der Waals surface area contributed by atoms with Crippen molar-refractivity contribution in [3.05, 3.63) is 0 Å². The number of carbonyl (C=O) groups is 1. The topological polar surface area (TPSA) is 65.0 Å². The van der Waals surface area contributed by atoms with Crippen LogP contribution in [0.4, 0.5) is 0 Å². The first kappa shape index (κ1) is 11.8. The lowest BCUT2D eigenvalue weighted by Crippen LogP contribution is -2.58. The number of carbonyl (C=O) groups excluding carboxylic acids is 1. The standard InChI is InChI=1S/C11H18O5/c1-14-9(12)10(4-6-16-7-10)11(13)3-2-5-15-8-11/h13H,2-8H2,1H3. The molecule has 0 amide bonds. The van der Waals surface area contributed by atoms with Gasteiger partial charge in [-0.15, -0.1) is 0 Å². The van der Waals surface area contributed by atoms with Crippen LogP contribution in [0, 0.1) is 5.41 Å². The molecule has 2 aliphatic rings. The fourth-order valence-electron chi connectivity index (χ4n) is 2.64. The highest BCUT2D eigenvalue weighted by molar-refractivity contribution is 5.79. The molecule has 0 aliphatic carbocycles. The normalized spacial score (nSPS) is 39.6. The van der Waals surface area contributed by atoms with Crippen molar-refractivity contribution in [2.24, 2.45) is 5.41 Å². The quantitative estimate of drug-likeness (QED) is 0.682. The molecule has 0 bridgehead atoms. The maximum atomic E-state index is 11.9. The Morgan fingerprint density at radius 3 is 2.50 bits per heavy atom. The van der Waals surface area contributed by atoms with E-state index in [1.54, 1.807) is 0 Å². The van der Waals surface area contributed by atoms with Crippen LogP contribution < -0.4 is 0 Å². The Morgan fingerprint density at radius 1 is 1.25 bits per heavy atom. The van der Waals surface area contributed by atoms with Crippen LogP contribution in [-0.2, 0) is 19.0 Å². The van der Waals surface area contributed by atoms with Crippen molar-refractivity contribution in [2.75, 3.05) is 33.5 Å². The molecule has 16 heavy (non-hydrogen) atoms. The molecule has 2 unspecified atom stereocenters. The third kappa shape index (κ3) is 1.63. The Labute approximate surface area is 94.7 Å². The number of esters is 1. The summed E-state index contributed by atoms with van der Waals surface area (Å²) in [5.41, 5.74) is -2.09. The van der Waals surface area contributed by atoms with Crippen molar-refractivity contribution in [3.63, 3.8) is 0 Å². The Bertz CT molecular complexity index is 264. The van der Waals surface area contributed by atoms with Gasteiger partial charge in [0.05, 0.1) is 20.3 Å². The van der Waals surface area contributed by atoms with Gasteiger partial charge >= 0.3 is 5.97 Å². The van der Waals surface area contributed by atoms with Gasteiger partial charge in [0.2, 0.25) is 0 Å². The molecule has 1 N–H and O–H groups in total. The summed E-state index contributed by atoms with van der Waals surface area (Å²) in [6, 6.07) is 0. The van der Waals surface area contributed by atoms with Crippen molar-refractivity contribution in [3.8, 4) is 0 Å². The first-order chi connectivity index (χ1) is 7.65. The SMILES string of the molecule is COC(=O)C1(C2(O)CCCOC2)CCOC1. The number of aliphatic hydroxyl groups is 1. The molecule has 5 heteroatoms. The van der Waals surface area contributed by atoms with Crippen molar-refractivity contribution in [1.82, 2.24) is 0 Å². The lowest BCUT2D eigenvalue weighted by atomic mass is 9.68. The molecule has 0 saturated carbocycles. The molecule has 92 valence electrons. The minimum Gasteiger partial charge on any atom is -0.468 e. The highest BCUT2D eigenvalue weighted by Gasteiger charge is 2.59. The Kier molecular flexibility index (Phi) is 3.19. The van der Waals surface area contributed by atoms with Gasteiger partial charge < -0.3 is 19.3 Å². The van der Waals surface area contributed by atoms with E-state index in [4.69, 9.17) is 14.2 Å². The van der Waals surface area contributed by atoms with Gasteiger partial charge in [-0.1, -0.05) is 0 Å². The van der Waals surface area contributed by atoms with Gasteiger partial charge in [-0.05, 0) is 19.3 Å². The van der Waals surface area contributed by atoms with E-state index >= 15 is 0 Å². The number of methoxy groups -OCH3 is 1. The van der Waals surface area contributed by atoms with Gasteiger partial charge in [0.1, 0.15) is 11.0 Å². The molecule has 0 radical (unpaired) electrons. The molecule has 5 nitrogen and oxygen atoms in total. The van der Waals surface area contributed by atoms with Crippen LogP contribution in [0.3, 0.4) is 0 Å². The summed E-state index contributed by atoms with van der Waals surface area (Å²) >= 11 is 0. The zero-order valence-electron chi connectivity index (χ0n) is 9.53. The minimum absolute atomic E-state index is 0.186. The van der Waals surface area contributed by atoms with E-state index in [1.165, 1.54) is 7.11 Å². The van der Waals surface area contributed by atoms with E-state index in [0.717, 1.165) is 6.42 Å². The second-order valence-corrected chi connectivity index (χ2v) is 4.56. The second-order valence-electron chi connectivity index (χ2n) is 4.56. The predicted molar refractivity (Wildman–Crippen MR) is 54.9 cm³/mol. The van der Waals surface area contributed by atoms with Crippen LogP contribution in [0.2, 0.25) is 0 Å². The largest absolute Gasteiger partial charge is 0.468 e. The maximum Gasteiger partial charge on any atom is 0.317 e. The predicted octanol–water partition coefficient (Wildman–Crippen LogP) is 0.108. The first-order valence-electron chi connectivity index (χ1n) is 5.61. The Balaban J connectivity index is 2.27. The summed E-state index contributed by atoms with van der Waals surface area (Å²) in [5, 5.41) is 10.6. The minimum atomic E-state index is -1.14. The molecule has 2 aliphatic heterocycles. The summed E-state index contributed by atoms with van der Waals surface area (Å²) in [5.74, 6) is -0.391. The molecule has 0 aromatic carbocycles. The van der Waals surface area contributed by atoms with Gasteiger partial charge in [0.25, 0.3) is 0 Å². The molecule has 2 saturated heterocycles. The first-order valence-corrected chi connectivity index (χ1v) is 5.61. The summed E-state index contributed by atoms with van der Waals surface area (Å²) < 4.78 is 15.4. The van der Waals surface area contributed by atoms with Gasteiger partial charge in [-0.3, -0.25) is 4.79 Å². The molecule has 0 aromatic heterocycles. The van der Waals surface area contributed by atoms with E-state index in [2.05, 4.69) is 0 Å². The Hall–Kier alpha value is -0.650. The number of hydrogen-bond donors (Lipinski definition) is 1. The summed E-state index contributed by atoms with van der Waals surface area (Å²) in [6.45, 7) is 1.53. The van der Waals surface area contributed by atoms with Gasteiger partial charge in [-0.2, -0.15) is 0 Å². The van der Waals surface area contributed by atoms with Crippen LogP contribution >= 0.6 is 0 Å². The summed E-state index contributed by atoms with van der Waals surface area (Å²) in [7, 11) is 1.34. The molecule has 2 fully saturated rings. The number of ether oxygens (including phenoxy) is 3. The third-order valence-electron chi connectivity index (χ3n) is 3.71. The van der Waals surface area contributed by atoms with Crippen molar-refractivity contribution >= 4 is 5.97 Å². The van der Waals surface area contributed by atoms with E-state index in [9.17, 15) is 9.90 Å². The van der Waals surface area contributed by atoms with E-state index in [-0.39, 0.29) is 13.2 Å². The Morgan fingerprint density at radius 2 is 2.00 bits per heavy atom. The van der Waals surface area contributed by atoms with Crippen molar-refractivity contribution < 1.29 is 24.1 Å². The fourth-order valence-corrected chi connectivity index (χ4v) is 2.64. The monoisotopic (exact) mass is 230 g/mol. The van der Waals surface area contributed by atoms with Gasteiger partial charge in [-0.25, -0.2) is 0 Å². The van der Waals surface area contributed by atoms with Crippen LogP contribution in [0.5, 0.6) is 0 Å². The van der Waals surface area contributed by atoms with Crippen LogP contribution in [0.15, 0.2) is 0 Å². The van der Waals surface area contributed by atoms with Crippen molar-refractivity contribution in [1.29, 1.82) is 0 Å². The average Bonchev–Trinajstić information content (AvgIpc) is 2.80. The van der Waals surface area contributed by atoms with E-state index < -0.39 is 17.0 Å². The summed E-state index contributed by atoms with van der Waals surface area (Å²) in [4.78, 5) is 11.9. The average molecular weight is 230 g/mol. The third-order valence-corrected chi connectivity index (χ3v) is 3.71. The summed E-state index contributed by atoms with van der Waals surface area (Å²) in [6.07, 6.45) is 1.82. The molecule has 2 atom stereocenters. The van der Waals surface area contributed by atoms with E-state index in [0.29, 0.717) is 26.1 Å².